The van der Waals surface area contributed by atoms with E-state index in [0.29, 0.717) is 39.2 Å². The molecule has 35 heavy (non-hydrogen) atoms. The van der Waals surface area contributed by atoms with E-state index >= 15 is 0 Å². The first kappa shape index (κ1) is 22.5. The number of fused-ring (bicyclic) bond motifs is 3. The maximum Gasteiger partial charge on any atom is 0.411 e. The SMILES string of the molecule is CC12COC(CN3CC[C@@](Cc4ccccc4)(N4C(=O)OC[C@@H]4c4ccccc4)C3=O)(OC1)OC2. The molecule has 2 atom stereocenters. The van der Waals surface area contributed by atoms with Crippen LogP contribution in [0.1, 0.15) is 30.5 Å². The number of carbonyl (C=O) groups is 2. The predicted octanol–water partition coefficient (Wildman–Crippen LogP) is 3.13. The van der Waals surface area contributed by atoms with Gasteiger partial charge >= 0.3 is 12.1 Å². The molecule has 0 N–H and O–H groups in total. The molecule has 7 rings (SSSR count). The number of carbonyl (C=O) groups excluding carboxylic acids is 2. The molecule has 8 heteroatoms. The molecule has 184 valence electrons. The van der Waals surface area contributed by atoms with E-state index in [0.717, 1.165) is 11.1 Å². The highest BCUT2D eigenvalue weighted by atomic mass is 16.9. The van der Waals surface area contributed by atoms with Crippen molar-refractivity contribution >= 4 is 12.0 Å². The van der Waals surface area contributed by atoms with E-state index in [1.807, 2.05) is 60.7 Å². The average Bonchev–Trinajstić information content (AvgIpc) is 3.42. The Morgan fingerprint density at radius 1 is 0.914 bits per heavy atom. The van der Waals surface area contributed by atoms with E-state index in [2.05, 4.69) is 6.92 Å². The van der Waals surface area contributed by atoms with Crippen LogP contribution in [0.2, 0.25) is 0 Å². The molecule has 2 amide bonds. The van der Waals surface area contributed by atoms with Crippen molar-refractivity contribution < 1.29 is 28.5 Å². The quantitative estimate of drug-likeness (QED) is 0.635. The van der Waals surface area contributed by atoms with E-state index in [4.69, 9.17) is 18.9 Å². The van der Waals surface area contributed by atoms with E-state index in [9.17, 15) is 9.59 Å². The van der Waals surface area contributed by atoms with Crippen molar-refractivity contribution in [1.82, 2.24) is 9.80 Å². The summed E-state index contributed by atoms with van der Waals surface area (Å²) in [6.45, 7) is 4.48. The van der Waals surface area contributed by atoms with Gasteiger partial charge in [0.15, 0.2) is 0 Å². The summed E-state index contributed by atoms with van der Waals surface area (Å²) >= 11 is 0. The van der Waals surface area contributed by atoms with Gasteiger partial charge in [-0.05, 0) is 17.5 Å². The highest BCUT2D eigenvalue weighted by molar-refractivity contribution is 5.93. The van der Waals surface area contributed by atoms with Crippen LogP contribution in [-0.4, -0.2) is 72.8 Å². The van der Waals surface area contributed by atoms with E-state index < -0.39 is 17.6 Å². The van der Waals surface area contributed by atoms with Gasteiger partial charge in [-0.2, -0.15) is 0 Å². The number of hydrogen-bond donors (Lipinski definition) is 0. The number of ether oxygens (including phenoxy) is 4. The molecule has 2 bridgehead atoms. The fourth-order valence-corrected chi connectivity index (χ4v) is 5.67. The molecule has 8 nitrogen and oxygen atoms in total. The van der Waals surface area contributed by atoms with Crippen LogP contribution in [0.3, 0.4) is 0 Å². The van der Waals surface area contributed by atoms with Crippen LogP contribution in [0.4, 0.5) is 4.79 Å². The molecule has 2 aromatic carbocycles. The van der Waals surface area contributed by atoms with Crippen molar-refractivity contribution in [2.45, 2.75) is 37.3 Å². The number of rotatable bonds is 6. The smallest absolute Gasteiger partial charge is 0.411 e. The monoisotopic (exact) mass is 478 g/mol. The Bertz CT molecular complexity index is 1080. The molecule has 5 aliphatic heterocycles. The van der Waals surface area contributed by atoms with Crippen LogP contribution in [0.5, 0.6) is 0 Å². The molecule has 5 heterocycles. The summed E-state index contributed by atoms with van der Waals surface area (Å²) in [5.41, 5.74) is 0.701. The number of nitrogens with zero attached hydrogens (tertiary/aromatic N) is 2. The van der Waals surface area contributed by atoms with E-state index in [-0.39, 0.29) is 30.5 Å². The molecule has 0 aromatic heterocycles. The molecule has 0 spiro atoms. The number of benzene rings is 2. The van der Waals surface area contributed by atoms with Gasteiger partial charge in [0.25, 0.3) is 0 Å². The van der Waals surface area contributed by atoms with Crippen molar-refractivity contribution in [3.05, 3.63) is 71.8 Å². The Hall–Kier alpha value is -2.94. The van der Waals surface area contributed by atoms with Crippen molar-refractivity contribution in [2.24, 2.45) is 5.41 Å². The zero-order chi connectivity index (χ0) is 24.1. The summed E-state index contributed by atoms with van der Waals surface area (Å²) in [7, 11) is 0. The van der Waals surface area contributed by atoms with Gasteiger partial charge in [-0.1, -0.05) is 67.6 Å². The fraction of sp³-hybridized carbons (Fsp3) is 0.481. The summed E-state index contributed by atoms with van der Waals surface area (Å²) in [6, 6.07) is 19.3. The Labute approximate surface area is 204 Å². The van der Waals surface area contributed by atoms with Crippen LogP contribution in [-0.2, 0) is 30.2 Å². The second-order valence-corrected chi connectivity index (χ2v) is 10.4. The first-order valence-corrected chi connectivity index (χ1v) is 12.2. The van der Waals surface area contributed by atoms with Gasteiger partial charge in [0, 0.05) is 18.4 Å². The highest BCUT2D eigenvalue weighted by Gasteiger charge is 2.60. The molecule has 0 saturated carbocycles. The Kier molecular flexibility index (Phi) is 5.36. The summed E-state index contributed by atoms with van der Waals surface area (Å²) in [5, 5.41) is 0. The number of hydrogen-bond acceptors (Lipinski definition) is 6. The maximum absolute atomic E-state index is 14.3. The number of cyclic esters (lactones) is 1. The lowest BCUT2D eigenvalue weighted by molar-refractivity contribution is -0.466. The van der Waals surface area contributed by atoms with Gasteiger partial charge < -0.3 is 23.8 Å². The largest absolute Gasteiger partial charge is 0.447 e. The molecule has 2 aromatic rings. The molecule has 5 aliphatic rings. The van der Waals surface area contributed by atoms with Crippen molar-refractivity contribution in [2.75, 3.05) is 39.5 Å². The van der Waals surface area contributed by atoms with Gasteiger partial charge in [0.05, 0.1) is 25.9 Å². The molecule has 5 saturated heterocycles. The minimum atomic E-state index is -1.25. The minimum absolute atomic E-state index is 0.134. The summed E-state index contributed by atoms with van der Waals surface area (Å²) in [6.07, 6.45) is 0.417. The van der Waals surface area contributed by atoms with Gasteiger partial charge in [-0.15, -0.1) is 0 Å². The third kappa shape index (κ3) is 3.80. The predicted molar refractivity (Wildman–Crippen MR) is 125 cm³/mol. The number of amides is 2. The zero-order valence-electron chi connectivity index (χ0n) is 19.9. The van der Waals surface area contributed by atoms with Gasteiger partial charge in [0.2, 0.25) is 5.91 Å². The van der Waals surface area contributed by atoms with Crippen molar-refractivity contribution in [3.63, 3.8) is 0 Å². The van der Waals surface area contributed by atoms with Crippen molar-refractivity contribution in [3.8, 4) is 0 Å². The van der Waals surface area contributed by atoms with Crippen LogP contribution in [0.15, 0.2) is 60.7 Å². The lowest BCUT2D eigenvalue weighted by Gasteiger charge is -2.51. The van der Waals surface area contributed by atoms with Crippen LogP contribution >= 0.6 is 0 Å². The van der Waals surface area contributed by atoms with E-state index in [1.54, 1.807) is 9.80 Å². The topological polar surface area (TPSA) is 77.5 Å². The lowest BCUT2D eigenvalue weighted by Crippen LogP contribution is -2.64. The average molecular weight is 479 g/mol. The summed E-state index contributed by atoms with van der Waals surface area (Å²) in [4.78, 5) is 30.9. The van der Waals surface area contributed by atoms with Gasteiger partial charge in [0.1, 0.15) is 18.7 Å². The van der Waals surface area contributed by atoms with Gasteiger partial charge in [-0.25, -0.2) is 4.79 Å². The normalized spacial score (nSPS) is 34.5. The Morgan fingerprint density at radius 2 is 1.54 bits per heavy atom. The molecule has 0 unspecified atom stereocenters. The van der Waals surface area contributed by atoms with Crippen LogP contribution in [0, 0.1) is 5.41 Å². The molecule has 5 fully saturated rings. The van der Waals surface area contributed by atoms with Gasteiger partial charge in [-0.3, -0.25) is 9.69 Å². The Balaban J connectivity index is 1.34. The Morgan fingerprint density at radius 3 is 2.20 bits per heavy atom. The number of likely N-dealkylation sites (tertiary alicyclic amines) is 1. The molecule has 0 aliphatic carbocycles. The van der Waals surface area contributed by atoms with Crippen molar-refractivity contribution in [1.29, 1.82) is 0 Å². The van der Waals surface area contributed by atoms with Crippen LogP contribution in [0.25, 0.3) is 0 Å². The first-order chi connectivity index (χ1) is 16.9. The molecule has 0 radical (unpaired) electrons. The molecular formula is C27H30N2O6. The first-order valence-electron chi connectivity index (χ1n) is 12.2. The standard InChI is InChI=1S/C27H30N2O6/c1-25-17-33-27(34-18-25,35-19-25)16-28-13-12-26(23(28)30,14-20-8-4-2-5-9-20)29-22(15-32-24(29)31)21-10-6-3-7-11-21/h2-11,22H,12-19H2,1H3/t22-,25?,26+,27?/m1/s1. The fourth-order valence-electron chi connectivity index (χ4n) is 5.67. The highest BCUT2D eigenvalue weighted by Crippen LogP contribution is 2.44. The van der Waals surface area contributed by atoms with E-state index in [1.165, 1.54) is 0 Å². The third-order valence-corrected chi connectivity index (χ3v) is 7.64. The third-order valence-electron chi connectivity index (χ3n) is 7.64. The second-order valence-electron chi connectivity index (χ2n) is 10.4. The van der Waals surface area contributed by atoms with Crippen LogP contribution < -0.4 is 0 Å². The zero-order valence-corrected chi connectivity index (χ0v) is 19.9. The molecular weight excluding hydrogens is 448 g/mol. The minimum Gasteiger partial charge on any atom is -0.447 e. The summed E-state index contributed by atoms with van der Waals surface area (Å²) in [5.74, 6) is -1.38. The summed E-state index contributed by atoms with van der Waals surface area (Å²) < 4.78 is 23.4. The lowest BCUT2D eigenvalue weighted by atomic mass is 9.85. The maximum atomic E-state index is 14.3. The second kappa shape index (κ2) is 8.33.